The van der Waals surface area contributed by atoms with Crippen molar-refractivity contribution in [2.45, 2.75) is 6.54 Å². The van der Waals surface area contributed by atoms with Crippen molar-refractivity contribution in [3.8, 4) is 0 Å². The van der Waals surface area contributed by atoms with Crippen molar-refractivity contribution in [1.29, 1.82) is 0 Å². The molecule has 0 aliphatic heterocycles. The number of nitrogens with zero attached hydrogens (tertiary/aromatic N) is 2. The van der Waals surface area contributed by atoms with Crippen LogP contribution in [-0.2, 0) is 13.6 Å². The minimum atomic E-state index is 0.704. The summed E-state index contributed by atoms with van der Waals surface area (Å²) in [5.41, 5.74) is 0. The van der Waals surface area contributed by atoms with Gasteiger partial charge in [0.1, 0.15) is 5.82 Å². The van der Waals surface area contributed by atoms with E-state index in [1.165, 1.54) is 4.70 Å². The van der Waals surface area contributed by atoms with Crippen LogP contribution in [0.5, 0.6) is 0 Å². The van der Waals surface area contributed by atoms with Gasteiger partial charge in [-0.2, -0.15) is 5.10 Å². The Morgan fingerprint density at radius 2 is 2.17 bits per heavy atom. The Labute approximate surface area is 114 Å². The summed E-state index contributed by atoms with van der Waals surface area (Å²) < 4.78 is 3.00. The molecule has 0 aliphatic rings. The first-order chi connectivity index (χ1) is 8.74. The number of nitrogens with one attached hydrogen (secondary N) is 1. The molecule has 0 fully saturated rings. The van der Waals surface area contributed by atoms with Crippen molar-refractivity contribution in [3.05, 3.63) is 46.4 Å². The van der Waals surface area contributed by atoms with Crippen molar-refractivity contribution in [1.82, 2.24) is 9.78 Å². The number of hydrogen-bond donors (Lipinski definition) is 1. The fourth-order valence-corrected chi connectivity index (χ4v) is 3.30. The Kier molecular flexibility index (Phi) is 2.97. The molecule has 1 N–H and O–H groups in total. The number of rotatable bonds is 3. The second-order valence-electron chi connectivity index (χ2n) is 4.06. The number of thiophene rings is 1. The van der Waals surface area contributed by atoms with Gasteiger partial charge in [0.25, 0.3) is 0 Å². The Morgan fingerprint density at radius 1 is 1.33 bits per heavy atom. The summed E-state index contributed by atoms with van der Waals surface area (Å²) in [6.45, 7) is 0.704. The topological polar surface area (TPSA) is 29.9 Å². The predicted octanol–water partition coefficient (Wildman–Crippen LogP) is 3.90. The molecule has 3 rings (SSSR count). The lowest BCUT2D eigenvalue weighted by atomic mass is 10.2. The monoisotopic (exact) mass is 277 g/mol. The van der Waals surface area contributed by atoms with E-state index < -0.39 is 0 Å². The fourth-order valence-electron chi connectivity index (χ4n) is 1.86. The summed E-state index contributed by atoms with van der Waals surface area (Å²) in [4.78, 5) is 1.14. The maximum atomic E-state index is 6.37. The van der Waals surface area contributed by atoms with E-state index in [0.717, 1.165) is 21.1 Å². The largest absolute Gasteiger partial charge is 0.364 e. The van der Waals surface area contributed by atoms with Gasteiger partial charge in [-0.1, -0.05) is 29.8 Å². The molecule has 0 amide bonds. The number of aryl methyl sites for hydroxylation is 1. The van der Waals surface area contributed by atoms with Gasteiger partial charge in [-0.15, -0.1) is 11.3 Å². The Hall–Kier alpha value is -1.52. The molecule has 0 bridgehead atoms. The van der Waals surface area contributed by atoms with Gasteiger partial charge in [-0.25, -0.2) is 0 Å². The van der Waals surface area contributed by atoms with Gasteiger partial charge in [-0.3, -0.25) is 4.68 Å². The first-order valence-corrected chi connectivity index (χ1v) is 6.83. The van der Waals surface area contributed by atoms with E-state index in [0.29, 0.717) is 6.54 Å². The zero-order chi connectivity index (χ0) is 12.5. The van der Waals surface area contributed by atoms with Crippen LogP contribution < -0.4 is 5.32 Å². The number of fused-ring (bicyclic) bond motifs is 1. The molecular weight excluding hydrogens is 266 g/mol. The lowest BCUT2D eigenvalue weighted by molar-refractivity contribution is 0.768. The van der Waals surface area contributed by atoms with Crippen LogP contribution in [0.1, 0.15) is 4.88 Å². The van der Waals surface area contributed by atoms with E-state index in [-0.39, 0.29) is 0 Å². The first kappa shape index (κ1) is 11.6. The molecule has 92 valence electrons. The molecule has 2 heterocycles. The van der Waals surface area contributed by atoms with E-state index in [1.807, 2.05) is 31.4 Å². The van der Waals surface area contributed by atoms with Crippen molar-refractivity contribution in [3.63, 3.8) is 0 Å². The quantitative estimate of drug-likeness (QED) is 0.787. The standard InChI is InChI=1S/C13H12ClN3S/c1-17-7-6-12(16-17)15-8-11-13(14)9-4-2-3-5-10(9)18-11/h2-7H,8H2,1H3,(H,15,16). The van der Waals surface area contributed by atoms with Crippen LogP contribution in [-0.4, -0.2) is 9.78 Å². The van der Waals surface area contributed by atoms with Crippen molar-refractivity contribution in [2.24, 2.45) is 7.05 Å². The van der Waals surface area contributed by atoms with Gasteiger partial charge in [-0.05, 0) is 6.07 Å². The molecule has 0 unspecified atom stereocenters. The smallest absolute Gasteiger partial charge is 0.148 e. The minimum Gasteiger partial charge on any atom is -0.364 e. The van der Waals surface area contributed by atoms with Gasteiger partial charge < -0.3 is 5.32 Å². The highest BCUT2D eigenvalue weighted by molar-refractivity contribution is 7.19. The molecule has 0 spiro atoms. The zero-order valence-corrected chi connectivity index (χ0v) is 11.4. The Morgan fingerprint density at radius 3 is 2.89 bits per heavy atom. The predicted molar refractivity (Wildman–Crippen MR) is 77.4 cm³/mol. The van der Waals surface area contributed by atoms with Crippen molar-refractivity contribution < 1.29 is 0 Å². The lowest BCUT2D eigenvalue weighted by Gasteiger charge is -2.00. The minimum absolute atomic E-state index is 0.704. The molecule has 0 saturated heterocycles. The molecule has 0 saturated carbocycles. The molecule has 1 aromatic carbocycles. The summed E-state index contributed by atoms with van der Waals surface area (Å²) in [6.07, 6.45) is 1.91. The lowest BCUT2D eigenvalue weighted by Crippen LogP contribution is -1.99. The van der Waals surface area contributed by atoms with Gasteiger partial charge in [0, 0.05) is 34.3 Å². The number of benzene rings is 1. The number of halogens is 1. The molecular formula is C13H12ClN3S. The highest BCUT2D eigenvalue weighted by Gasteiger charge is 2.09. The summed E-state index contributed by atoms with van der Waals surface area (Å²) >= 11 is 8.09. The summed E-state index contributed by atoms with van der Waals surface area (Å²) in [5, 5.41) is 9.53. The molecule has 0 aliphatic carbocycles. The van der Waals surface area contributed by atoms with Gasteiger partial charge in [0.05, 0.1) is 11.6 Å². The van der Waals surface area contributed by atoms with Crippen LogP contribution in [0.4, 0.5) is 5.82 Å². The number of anilines is 1. The molecule has 2 aromatic heterocycles. The van der Waals surface area contributed by atoms with Crippen LogP contribution in [0.25, 0.3) is 10.1 Å². The zero-order valence-electron chi connectivity index (χ0n) is 9.85. The van der Waals surface area contributed by atoms with Crippen molar-refractivity contribution >= 4 is 38.8 Å². The van der Waals surface area contributed by atoms with Gasteiger partial charge in [0.2, 0.25) is 0 Å². The summed E-state index contributed by atoms with van der Waals surface area (Å²) in [7, 11) is 1.90. The fraction of sp³-hybridized carbons (Fsp3) is 0.154. The highest BCUT2D eigenvalue weighted by atomic mass is 35.5. The molecule has 18 heavy (non-hydrogen) atoms. The van der Waals surface area contributed by atoms with E-state index in [1.54, 1.807) is 16.0 Å². The number of hydrogen-bond acceptors (Lipinski definition) is 3. The second-order valence-corrected chi connectivity index (χ2v) is 5.58. The van der Waals surface area contributed by atoms with Gasteiger partial charge >= 0.3 is 0 Å². The van der Waals surface area contributed by atoms with Crippen LogP contribution in [0.3, 0.4) is 0 Å². The van der Waals surface area contributed by atoms with Crippen molar-refractivity contribution in [2.75, 3.05) is 5.32 Å². The molecule has 3 nitrogen and oxygen atoms in total. The third-order valence-corrected chi connectivity index (χ3v) is 4.46. The highest BCUT2D eigenvalue weighted by Crippen LogP contribution is 2.35. The third kappa shape index (κ3) is 2.09. The Balaban J connectivity index is 1.84. The first-order valence-electron chi connectivity index (χ1n) is 5.63. The van der Waals surface area contributed by atoms with Crippen LogP contribution in [0.15, 0.2) is 36.5 Å². The molecule has 5 heteroatoms. The normalized spacial score (nSPS) is 11.0. The molecule has 0 atom stereocenters. The SMILES string of the molecule is Cn1ccc(NCc2sc3ccccc3c2Cl)n1. The molecule has 3 aromatic rings. The molecule has 0 radical (unpaired) electrons. The third-order valence-electron chi connectivity index (χ3n) is 2.75. The van der Waals surface area contributed by atoms with E-state index in [9.17, 15) is 0 Å². The van der Waals surface area contributed by atoms with Gasteiger partial charge in [0.15, 0.2) is 0 Å². The summed E-state index contributed by atoms with van der Waals surface area (Å²) in [5.74, 6) is 0.867. The maximum absolute atomic E-state index is 6.37. The van der Waals surface area contributed by atoms with Crippen LogP contribution in [0.2, 0.25) is 5.02 Å². The van der Waals surface area contributed by atoms with Crippen LogP contribution in [0, 0.1) is 0 Å². The number of aromatic nitrogens is 2. The van der Waals surface area contributed by atoms with E-state index in [2.05, 4.69) is 22.5 Å². The average molecular weight is 278 g/mol. The average Bonchev–Trinajstić information content (AvgIpc) is 2.92. The summed E-state index contributed by atoms with van der Waals surface area (Å²) in [6, 6.07) is 10.1. The van der Waals surface area contributed by atoms with E-state index >= 15 is 0 Å². The Bertz CT molecular complexity index is 686. The second kappa shape index (κ2) is 4.63. The van der Waals surface area contributed by atoms with Crippen LogP contribution >= 0.6 is 22.9 Å². The maximum Gasteiger partial charge on any atom is 0.148 e. The van der Waals surface area contributed by atoms with E-state index in [4.69, 9.17) is 11.6 Å².